The summed E-state index contributed by atoms with van der Waals surface area (Å²) in [5.41, 5.74) is 2.39. The third-order valence-corrected chi connectivity index (χ3v) is 5.24. The van der Waals surface area contributed by atoms with E-state index in [0.29, 0.717) is 22.0 Å². The van der Waals surface area contributed by atoms with Crippen molar-refractivity contribution in [1.82, 2.24) is 10.6 Å². The molecule has 1 amide bonds. The zero-order valence-corrected chi connectivity index (χ0v) is 20.6. The molecule has 0 saturated heterocycles. The fourth-order valence-corrected chi connectivity index (χ4v) is 3.32. The average molecular weight is 541 g/mol. The molecule has 3 aromatic carbocycles. The summed E-state index contributed by atoms with van der Waals surface area (Å²) < 4.78 is -1.89. The van der Waals surface area contributed by atoms with Crippen LogP contribution < -0.4 is 16.0 Å². The third-order valence-electron chi connectivity index (χ3n) is 4.13. The molecule has 1 atom stereocenters. The van der Waals surface area contributed by atoms with Gasteiger partial charge in [0.2, 0.25) is 3.79 Å². The number of carbonyl (C=O) groups is 1. The number of halogens is 4. The monoisotopic (exact) mass is 539 g/mol. The van der Waals surface area contributed by atoms with Gasteiger partial charge in [0.1, 0.15) is 6.17 Å². The lowest BCUT2D eigenvalue weighted by molar-refractivity contribution is 0.0934. The van der Waals surface area contributed by atoms with Crippen LogP contribution in [0.1, 0.15) is 10.4 Å². The van der Waals surface area contributed by atoms with Crippen LogP contribution in [0.25, 0.3) is 0 Å². The standard InChI is InChI=1S/C22H17Cl4N5OS/c23-15-6-4-5-14(13-15)19(32)28-20(22(24,25)26)29-21(33)27-16-9-11-18(12-10-16)31-30-17-7-2-1-3-8-17/h1-13,20H,(H,28,32)(H2,27,29,33). The van der Waals surface area contributed by atoms with Gasteiger partial charge in [0.25, 0.3) is 5.91 Å². The molecule has 0 fully saturated rings. The highest BCUT2D eigenvalue weighted by molar-refractivity contribution is 7.80. The van der Waals surface area contributed by atoms with Crippen molar-refractivity contribution in [3.8, 4) is 0 Å². The molecule has 0 heterocycles. The number of nitrogens with zero attached hydrogens (tertiary/aromatic N) is 2. The number of rotatable bonds is 6. The van der Waals surface area contributed by atoms with E-state index in [1.165, 1.54) is 6.07 Å². The number of nitrogens with one attached hydrogen (secondary N) is 3. The number of hydrogen-bond donors (Lipinski definition) is 3. The van der Waals surface area contributed by atoms with Crippen LogP contribution in [0.5, 0.6) is 0 Å². The van der Waals surface area contributed by atoms with Gasteiger partial charge in [-0.25, -0.2) is 0 Å². The van der Waals surface area contributed by atoms with Crippen LogP contribution in [0.2, 0.25) is 5.02 Å². The minimum Gasteiger partial charge on any atom is -0.339 e. The summed E-state index contributed by atoms with van der Waals surface area (Å²) in [6.45, 7) is 0. The van der Waals surface area contributed by atoms with Gasteiger partial charge in [0, 0.05) is 16.3 Å². The fraction of sp³-hybridized carbons (Fsp3) is 0.0909. The molecule has 0 bridgehead atoms. The third kappa shape index (κ3) is 8.14. The van der Waals surface area contributed by atoms with Gasteiger partial charge in [0.05, 0.1) is 11.4 Å². The van der Waals surface area contributed by atoms with E-state index in [2.05, 4.69) is 26.2 Å². The van der Waals surface area contributed by atoms with E-state index < -0.39 is 15.9 Å². The molecule has 0 aromatic heterocycles. The summed E-state index contributed by atoms with van der Waals surface area (Å²) in [6.07, 6.45) is -1.12. The molecule has 1 unspecified atom stereocenters. The lowest BCUT2D eigenvalue weighted by Gasteiger charge is -2.27. The van der Waals surface area contributed by atoms with Gasteiger partial charge < -0.3 is 16.0 Å². The first-order valence-corrected chi connectivity index (χ1v) is 11.4. The summed E-state index contributed by atoms with van der Waals surface area (Å²) in [4.78, 5) is 12.5. The van der Waals surface area contributed by atoms with E-state index >= 15 is 0 Å². The molecule has 33 heavy (non-hydrogen) atoms. The summed E-state index contributed by atoms with van der Waals surface area (Å²) in [7, 11) is 0. The first-order chi connectivity index (χ1) is 15.7. The predicted octanol–water partition coefficient (Wildman–Crippen LogP) is 7.17. The summed E-state index contributed by atoms with van der Waals surface area (Å²) in [5, 5.41) is 17.3. The van der Waals surface area contributed by atoms with Crippen LogP contribution in [0, 0.1) is 0 Å². The Balaban J connectivity index is 1.60. The summed E-state index contributed by atoms with van der Waals surface area (Å²) >= 11 is 29.3. The molecule has 0 aliphatic rings. The maximum atomic E-state index is 12.5. The van der Waals surface area contributed by atoms with Crippen molar-refractivity contribution in [2.45, 2.75) is 9.96 Å². The van der Waals surface area contributed by atoms with Crippen LogP contribution in [0.3, 0.4) is 0 Å². The fourth-order valence-electron chi connectivity index (χ4n) is 2.56. The topological polar surface area (TPSA) is 77.9 Å². The molecule has 0 saturated carbocycles. The molecule has 3 N–H and O–H groups in total. The number of carbonyl (C=O) groups excluding carboxylic acids is 1. The zero-order valence-electron chi connectivity index (χ0n) is 16.8. The van der Waals surface area contributed by atoms with E-state index in [0.717, 1.165) is 5.69 Å². The van der Waals surface area contributed by atoms with Gasteiger partial charge >= 0.3 is 0 Å². The van der Waals surface area contributed by atoms with Gasteiger partial charge in [-0.2, -0.15) is 10.2 Å². The average Bonchev–Trinajstić information content (AvgIpc) is 2.78. The second-order valence-electron chi connectivity index (χ2n) is 6.64. The number of alkyl halides is 3. The Morgan fingerprint density at radius 2 is 1.48 bits per heavy atom. The molecule has 0 radical (unpaired) electrons. The Morgan fingerprint density at radius 1 is 0.848 bits per heavy atom. The molecule has 6 nitrogen and oxygen atoms in total. The first kappa shape index (κ1) is 25.2. The number of thiocarbonyl (C=S) groups is 1. The Kier molecular flexibility index (Phi) is 8.88. The van der Waals surface area contributed by atoms with E-state index in [1.807, 2.05) is 30.3 Å². The highest BCUT2D eigenvalue weighted by atomic mass is 35.6. The molecule has 3 aromatic rings. The Labute approximate surface area is 216 Å². The molecule has 170 valence electrons. The van der Waals surface area contributed by atoms with E-state index in [4.69, 9.17) is 58.6 Å². The quantitative estimate of drug-likeness (QED) is 0.134. The van der Waals surface area contributed by atoms with Crippen LogP contribution in [0.4, 0.5) is 17.1 Å². The number of amides is 1. The minimum atomic E-state index is -1.89. The minimum absolute atomic E-state index is 0.136. The number of anilines is 1. The Morgan fingerprint density at radius 3 is 2.09 bits per heavy atom. The van der Waals surface area contributed by atoms with Crippen LogP contribution in [0.15, 0.2) is 89.1 Å². The van der Waals surface area contributed by atoms with Gasteiger partial charge in [-0.05, 0) is 66.8 Å². The van der Waals surface area contributed by atoms with Crippen LogP contribution >= 0.6 is 58.6 Å². The molecule has 11 heteroatoms. The number of benzene rings is 3. The normalized spacial score (nSPS) is 12.2. The predicted molar refractivity (Wildman–Crippen MR) is 139 cm³/mol. The second-order valence-corrected chi connectivity index (χ2v) is 9.85. The van der Waals surface area contributed by atoms with Gasteiger partial charge in [-0.3, -0.25) is 4.79 Å². The maximum Gasteiger partial charge on any atom is 0.253 e. The molecule has 0 aliphatic carbocycles. The number of hydrogen-bond acceptors (Lipinski definition) is 4. The van der Waals surface area contributed by atoms with Gasteiger partial charge in [-0.15, -0.1) is 0 Å². The largest absolute Gasteiger partial charge is 0.339 e. The van der Waals surface area contributed by atoms with E-state index in [9.17, 15) is 4.79 Å². The molecule has 0 spiro atoms. The van der Waals surface area contributed by atoms with Crippen molar-refractivity contribution >= 4 is 86.7 Å². The number of azo groups is 1. The zero-order chi connectivity index (χ0) is 23.8. The SMILES string of the molecule is O=C(NC(NC(=S)Nc1ccc(N=Nc2ccccc2)cc1)C(Cl)(Cl)Cl)c1cccc(Cl)c1. The van der Waals surface area contributed by atoms with Crippen LogP contribution in [-0.4, -0.2) is 21.0 Å². The lowest BCUT2D eigenvalue weighted by atomic mass is 10.2. The van der Waals surface area contributed by atoms with Crippen molar-refractivity contribution in [3.63, 3.8) is 0 Å². The van der Waals surface area contributed by atoms with Crippen molar-refractivity contribution in [2.75, 3.05) is 5.32 Å². The molecular formula is C22H17Cl4N5OS. The molecule has 3 rings (SSSR count). The first-order valence-electron chi connectivity index (χ1n) is 9.48. The van der Waals surface area contributed by atoms with E-state index in [-0.39, 0.29) is 5.11 Å². The second kappa shape index (κ2) is 11.6. The summed E-state index contributed by atoms with van der Waals surface area (Å²) in [5.74, 6) is -0.489. The Hall–Kier alpha value is -2.42. The van der Waals surface area contributed by atoms with Crippen molar-refractivity contribution < 1.29 is 4.79 Å². The van der Waals surface area contributed by atoms with Crippen molar-refractivity contribution in [3.05, 3.63) is 89.4 Å². The summed E-state index contributed by atoms with van der Waals surface area (Å²) in [6, 6.07) is 22.8. The van der Waals surface area contributed by atoms with E-state index in [1.54, 1.807) is 42.5 Å². The molecule has 0 aliphatic heterocycles. The Bertz CT molecular complexity index is 1140. The highest BCUT2D eigenvalue weighted by Crippen LogP contribution is 2.29. The smallest absolute Gasteiger partial charge is 0.253 e. The highest BCUT2D eigenvalue weighted by Gasteiger charge is 2.35. The maximum absolute atomic E-state index is 12.5. The molecular weight excluding hydrogens is 524 g/mol. The van der Waals surface area contributed by atoms with Crippen LogP contribution in [-0.2, 0) is 0 Å². The van der Waals surface area contributed by atoms with Crippen molar-refractivity contribution in [2.24, 2.45) is 10.2 Å². The van der Waals surface area contributed by atoms with Gasteiger partial charge in [0.15, 0.2) is 5.11 Å². The van der Waals surface area contributed by atoms with Gasteiger partial charge in [-0.1, -0.05) is 70.7 Å². The lowest BCUT2D eigenvalue weighted by Crippen LogP contribution is -2.56. The van der Waals surface area contributed by atoms with Crippen molar-refractivity contribution in [1.29, 1.82) is 0 Å².